The molecule has 0 bridgehead atoms. The highest BCUT2D eigenvalue weighted by molar-refractivity contribution is 6.14. The molecule has 0 aliphatic carbocycles. The minimum Gasteiger partial charge on any atom is -0.295 e. The van der Waals surface area contributed by atoms with Crippen molar-refractivity contribution in [1.29, 1.82) is 0 Å². The molecule has 1 aromatic carbocycles. The minimum atomic E-state index is 0.0655. The molecule has 3 rings (SSSR count). The number of benzene rings is 1. The van der Waals surface area contributed by atoms with Gasteiger partial charge >= 0.3 is 0 Å². The number of carbonyl (C=O) groups is 1. The Hall–Kier alpha value is -1.90. The van der Waals surface area contributed by atoms with Crippen molar-refractivity contribution in [2.45, 2.75) is 25.7 Å². The van der Waals surface area contributed by atoms with Crippen LogP contribution in [0.5, 0.6) is 0 Å². The van der Waals surface area contributed by atoms with Gasteiger partial charge in [0.05, 0.1) is 0 Å². The van der Waals surface area contributed by atoms with Gasteiger partial charge < -0.3 is 0 Å². The van der Waals surface area contributed by atoms with E-state index in [0.717, 1.165) is 37.2 Å². The SMILES string of the molecule is O=C1C(=Cc2ccccc2)N=C2CCCCCN12. The summed E-state index contributed by atoms with van der Waals surface area (Å²) in [6, 6.07) is 9.89. The molecule has 2 aliphatic rings. The Morgan fingerprint density at radius 3 is 2.78 bits per heavy atom. The summed E-state index contributed by atoms with van der Waals surface area (Å²) in [4.78, 5) is 18.6. The summed E-state index contributed by atoms with van der Waals surface area (Å²) in [5.41, 5.74) is 1.61. The van der Waals surface area contributed by atoms with Gasteiger partial charge in [0, 0.05) is 13.0 Å². The van der Waals surface area contributed by atoms with Crippen molar-refractivity contribution < 1.29 is 4.79 Å². The van der Waals surface area contributed by atoms with Crippen molar-refractivity contribution in [1.82, 2.24) is 4.90 Å². The summed E-state index contributed by atoms with van der Waals surface area (Å²) in [6.45, 7) is 0.823. The molecule has 1 amide bonds. The third-order valence-corrected chi connectivity index (χ3v) is 3.41. The molecule has 0 unspecified atom stereocenters. The van der Waals surface area contributed by atoms with Crippen LogP contribution in [-0.4, -0.2) is 23.2 Å². The molecule has 18 heavy (non-hydrogen) atoms. The molecule has 2 aliphatic heterocycles. The fourth-order valence-corrected chi connectivity index (χ4v) is 2.46. The van der Waals surface area contributed by atoms with Crippen molar-refractivity contribution in [3.8, 4) is 0 Å². The van der Waals surface area contributed by atoms with Gasteiger partial charge in [0.25, 0.3) is 5.91 Å². The van der Waals surface area contributed by atoms with E-state index in [0.29, 0.717) is 5.70 Å². The second-order valence-corrected chi connectivity index (χ2v) is 4.74. The molecule has 1 aromatic rings. The van der Waals surface area contributed by atoms with Gasteiger partial charge in [-0.15, -0.1) is 0 Å². The predicted octanol–water partition coefficient (Wildman–Crippen LogP) is 2.84. The number of fused-ring (bicyclic) bond motifs is 1. The zero-order valence-corrected chi connectivity index (χ0v) is 10.3. The van der Waals surface area contributed by atoms with E-state index in [1.54, 1.807) is 0 Å². The Morgan fingerprint density at radius 1 is 1.11 bits per heavy atom. The number of rotatable bonds is 1. The van der Waals surface area contributed by atoms with Crippen LogP contribution in [0.3, 0.4) is 0 Å². The lowest BCUT2D eigenvalue weighted by Crippen LogP contribution is -2.31. The van der Waals surface area contributed by atoms with Crippen molar-refractivity contribution in [3.05, 3.63) is 41.6 Å². The van der Waals surface area contributed by atoms with Crippen LogP contribution in [0.2, 0.25) is 0 Å². The van der Waals surface area contributed by atoms with E-state index in [9.17, 15) is 4.79 Å². The molecule has 2 heterocycles. The Labute approximate surface area is 107 Å². The maximum Gasteiger partial charge on any atom is 0.277 e. The lowest BCUT2D eigenvalue weighted by molar-refractivity contribution is -0.122. The Bertz CT molecular complexity index is 517. The fraction of sp³-hybridized carbons (Fsp3) is 0.333. The monoisotopic (exact) mass is 240 g/mol. The van der Waals surface area contributed by atoms with Crippen LogP contribution in [0, 0.1) is 0 Å². The summed E-state index contributed by atoms with van der Waals surface area (Å²) in [6.07, 6.45) is 6.23. The summed E-state index contributed by atoms with van der Waals surface area (Å²) < 4.78 is 0. The van der Waals surface area contributed by atoms with Gasteiger partial charge in [-0.1, -0.05) is 36.8 Å². The average molecular weight is 240 g/mol. The van der Waals surface area contributed by atoms with Gasteiger partial charge in [-0.3, -0.25) is 9.69 Å². The van der Waals surface area contributed by atoms with E-state index >= 15 is 0 Å². The number of amidine groups is 1. The number of carbonyl (C=O) groups excluding carboxylic acids is 1. The van der Waals surface area contributed by atoms with Gasteiger partial charge in [0.15, 0.2) is 0 Å². The summed E-state index contributed by atoms with van der Waals surface area (Å²) in [5.74, 6) is 1.02. The van der Waals surface area contributed by atoms with Gasteiger partial charge in [-0.25, -0.2) is 4.99 Å². The van der Waals surface area contributed by atoms with Crippen molar-refractivity contribution in [2.75, 3.05) is 6.54 Å². The largest absolute Gasteiger partial charge is 0.295 e. The Morgan fingerprint density at radius 2 is 1.94 bits per heavy atom. The van der Waals surface area contributed by atoms with E-state index in [1.807, 2.05) is 41.3 Å². The highest BCUT2D eigenvalue weighted by Gasteiger charge is 2.30. The fourth-order valence-electron chi connectivity index (χ4n) is 2.46. The molecule has 0 spiro atoms. The predicted molar refractivity (Wildman–Crippen MR) is 72.0 cm³/mol. The van der Waals surface area contributed by atoms with Crippen molar-refractivity contribution >= 4 is 17.8 Å². The van der Waals surface area contributed by atoms with Crippen LogP contribution in [0.4, 0.5) is 0 Å². The highest BCUT2D eigenvalue weighted by atomic mass is 16.2. The van der Waals surface area contributed by atoms with E-state index in [2.05, 4.69) is 4.99 Å². The standard InChI is InChI=1S/C15H16N2O/c18-15-13(11-12-7-3-1-4-8-12)16-14-9-5-2-6-10-17(14)15/h1,3-4,7-8,11H,2,5-6,9-10H2. The molecule has 1 saturated heterocycles. The smallest absolute Gasteiger partial charge is 0.277 e. The van der Waals surface area contributed by atoms with E-state index in [4.69, 9.17) is 0 Å². The van der Waals surface area contributed by atoms with Crippen molar-refractivity contribution in [3.63, 3.8) is 0 Å². The third kappa shape index (κ3) is 2.08. The number of nitrogens with zero attached hydrogens (tertiary/aromatic N) is 2. The topological polar surface area (TPSA) is 32.7 Å². The summed E-state index contributed by atoms with van der Waals surface area (Å²) in [7, 11) is 0. The van der Waals surface area contributed by atoms with E-state index < -0.39 is 0 Å². The van der Waals surface area contributed by atoms with E-state index in [-0.39, 0.29) is 5.91 Å². The zero-order valence-electron chi connectivity index (χ0n) is 10.3. The van der Waals surface area contributed by atoms with Gasteiger partial charge in [0.2, 0.25) is 0 Å². The molecule has 1 fully saturated rings. The first kappa shape index (κ1) is 11.2. The van der Waals surface area contributed by atoms with Crippen LogP contribution in [-0.2, 0) is 4.79 Å². The maximum atomic E-state index is 12.2. The average Bonchev–Trinajstić information content (AvgIpc) is 2.58. The lowest BCUT2D eigenvalue weighted by Gasteiger charge is -2.13. The van der Waals surface area contributed by atoms with Crippen LogP contribution >= 0.6 is 0 Å². The number of aliphatic imine (C=N–C) groups is 1. The van der Waals surface area contributed by atoms with Crippen LogP contribution in [0.1, 0.15) is 31.2 Å². The number of hydrogen-bond acceptors (Lipinski definition) is 2. The zero-order chi connectivity index (χ0) is 12.4. The normalized spacial score (nSPS) is 21.8. The van der Waals surface area contributed by atoms with Crippen molar-refractivity contribution in [2.24, 2.45) is 4.99 Å². The molecule has 0 N–H and O–H groups in total. The molecule has 0 radical (unpaired) electrons. The maximum absolute atomic E-state index is 12.2. The second kappa shape index (κ2) is 4.77. The quantitative estimate of drug-likeness (QED) is 0.695. The molecule has 92 valence electrons. The van der Waals surface area contributed by atoms with Gasteiger partial charge in [-0.05, 0) is 24.5 Å². The molecule has 0 saturated carbocycles. The molecule has 3 heteroatoms. The molecular weight excluding hydrogens is 224 g/mol. The first-order valence-electron chi connectivity index (χ1n) is 6.51. The summed E-state index contributed by atoms with van der Waals surface area (Å²) in [5, 5.41) is 0. The van der Waals surface area contributed by atoms with Gasteiger partial charge in [0.1, 0.15) is 11.5 Å². The van der Waals surface area contributed by atoms with Crippen LogP contribution in [0.25, 0.3) is 6.08 Å². The number of hydrogen-bond donors (Lipinski definition) is 0. The van der Waals surface area contributed by atoms with E-state index in [1.165, 1.54) is 6.42 Å². The van der Waals surface area contributed by atoms with Crippen LogP contribution < -0.4 is 0 Å². The molecular formula is C15H16N2O. The first-order valence-corrected chi connectivity index (χ1v) is 6.51. The Kier molecular flexibility index (Phi) is 2.97. The van der Waals surface area contributed by atoms with Gasteiger partial charge in [-0.2, -0.15) is 0 Å². The summed E-state index contributed by atoms with van der Waals surface area (Å²) >= 11 is 0. The number of amides is 1. The van der Waals surface area contributed by atoms with Crippen LogP contribution in [0.15, 0.2) is 41.0 Å². The highest BCUT2D eigenvalue weighted by Crippen LogP contribution is 2.23. The molecule has 0 aromatic heterocycles. The molecule has 0 atom stereocenters. The Balaban J connectivity index is 1.91. The lowest BCUT2D eigenvalue weighted by atomic mass is 10.2. The minimum absolute atomic E-state index is 0.0655. The molecule has 3 nitrogen and oxygen atoms in total. The first-order chi connectivity index (χ1) is 8.84. The second-order valence-electron chi connectivity index (χ2n) is 4.74. The third-order valence-electron chi connectivity index (χ3n) is 3.41.